The van der Waals surface area contributed by atoms with Crippen molar-refractivity contribution < 1.29 is 0 Å². The fourth-order valence-electron chi connectivity index (χ4n) is 1.51. The number of aryl methyl sites for hydroxylation is 2. The van der Waals surface area contributed by atoms with E-state index in [2.05, 4.69) is 24.3 Å². The molecule has 0 spiro atoms. The lowest BCUT2D eigenvalue weighted by atomic mass is 10.1. The molecule has 1 aromatic carbocycles. The first kappa shape index (κ1) is 8.32. The summed E-state index contributed by atoms with van der Waals surface area (Å²) in [4.78, 5) is 0. The molecule has 0 nitrogen and oxygen atoms in total. The highest BCUT2D eigenvalue weighted by molar-refractivity contribution is 5.30. The van der Waals surface area contributed by atoms with Gasteiger partial charge in [0.15, 0.2) is 0 Å². The Morgan fingerprint density at radius 3 is 1.82 bits per heavy atom. The average Bonchev–Trinajstić information content (AvgIpc) is 2.55. The normalized spacial score (nSPS) is 13.3. The second-order valence-corrected chi connectivity index (χ2v) is 2.62. The minimum Gasteiger partial charge on any atom is -0.0683 e. The first-order valence-corrected chi connectivity index (χ1v) is 4.53. The van der Waals surface area contributed by atoms with Gasteiger partial charge in [0, 0.05) is 0 Å². The van der Waals surface area contributed by atoms with Gasteiger partial charge in [-0.2, -0.15) is 0 Å². The third-order valence-electron chi connectivity index (χ3n) is 2.01. The molecule has 0 aromatic heterocycles. The maximum absolute atomic E-state index is 2.24. The van der Waals surface area contributed by atoms with Gasteiger partial charge in [-0.05, 0) is 30.4 Å². The van der Waals surface area contributed by atoms with E-state index in [1.54, 1.807) is 11.1 Å². The van der Waals surface area contributed by atoms with Gasteiger partial charge in [-0.3, -0.25) is 0 Å². The predicted octanol–water partition coefficient (Wildman–Crippen LogP) is 3.20. The van der Waals surface area contributed by atoms with Crippen molar-refractivity contribution in [3.63, 3.8) is 0 Å². The molecule has 1 aromatic rings. The molecule has 0 aliphatic heterocycles. The standard InChI is InChI=1S/C9H10.C2H6/c1-2-5-9-7-3-6-8(9)4-1;1-2/h1-2,4-5H,3,6-7H2;1-2H3. The maximum Gasteiger partial charge on any atom is -0.0273 e. The molecule has 0 heterocycles. The number of hydrogen-bond acceptors (Lipinski definition) is 0. The molecule has 1 aliphatic rings. The van der Waals surface area contributed by atoms with E-state index in [-0.39, 0.29) is 0 Å². The average molecular weight is 148 g/mol. The molecular weight excluding hydrogens is 132 g/mol. The highest BCUT2D eigenvalue weighted by Gasteiger charge is 2.07. The summed E-state index contributed by atoms with van der Waals surface area (Å²) in [7, 11) is 0. The van der Waals surface area contributed by atoms with E-state index in [0.717, 1.165) is 0 Å². The molecule has 0 atom stereocenters. The quantitative estimate of drug-likeness (QED) is 0.530. The predicted molar refractivity (Wildman–Crippen MR) is 49.8 cm³/mol. The van der Waals surface area contributed by atoms with Crippen LogP contribution in [0.5, 0.6) is 0 Å². The molecule has 0 radical (unpaired) electrons. The Kier molecular flexibility index (Phi) is 3.15. The van der Waals surface area contributed by atoms with Gasteiger partial charge in [0.1, 0.15) is 0 Å². The molecule has 60 valence electrons. The van der Waals surface area contributed by atoms with Crippen molar-refractivity contribution in [2.24, 2.45) is 0 Å². The fraction of sp³-hybridized carbons (Fsp3) is 0.455. The Hall–Kier alpha value is -0.780. The second-order valence-electron chi connectivity index (χ2n) is 2.62. The van der Waals surface area contributed by atoms with Gasteiger partial charge in [-0.25, -0.2) is 0 Å². The van der Waals surface area contributed by atoms with E-state index in [0.29, 0.717) is 0 Å². The summed E-state index contributed by atoms with van der Waals surface area (Å²) in [6.07, 6.45) is 3.96. The van der Waals surface area contributed by atoms with Crippen LogP contribution in [0.15, 0.2) is 24.3 Å². The van der Waals surface area contributed by atoms with Crippen molar-refractivity contribution in [3.05, 3.63) is 35.4 Å². The smallest absolute Gasteiger partial charge is 0.0273 e. The largest absolute Gasteiger partial charge is 0.0683 e. The van der Waals surface area contributed by atoms with Gasteiger partial charge >= 0.3 is 0 Å². The Morgan fingerprint density at radius 2 is 1.36 bits per heavy atom. The molecule has 0 bridgehead atoms. The SMILES string of the molecule is CC.c1ccc2c(c1)CCC2. The summed E-state index contributed by atoms with van der Waals surface area (Å²) in [6, 6.07) is 8.74. The van der Waals surface area contributed by atoms with Crippen molar-refractivity contribution in [3.8, 4) is 0 Å². The zero-order valence-electron chi connectivity index (χ0n) is 7.43. The van der Waals surface area contributed by atoms with Crippen LogP contribution in [0.1, 0.15) is 31.4 Å². The Balaban J connectivity index is 0.000000281. The zero-order valence-corrected chi connectivity index (χ0v) is 7.43. The summed E-state index contributed by atoms with van der Waals surface area (Å²) >= 11 is 0. The third kappa shape index (κ3) is 1.83. The van der Waals surface area contributed by atoms with E-state index in [1.807, 2.05) is 13.8 Å². The van der Waals surface area contributed by atoms with Crippen LogP contribution in [0.25, 0.3) is 0 Å². The molecule has 11 heavy (non-hydrogen) atoms. The molecule has 0 saturated carbocycles. The van der Waals surface area contributed by atoms with Gasteiger partial charge in [0.2, 0.25) is 0 Å². The minimum absolute atomic E-state index is 1.30. The van der Waals surface area contributed by atoms with Gasteiger partial charge in [0.25, 0.3) is 0 Å². The van der Waals surface area contributed by atoms with E-state index in [1.165, 1.54) is 19.3 Å². The van der Waals surface area contributed by atoms with Gasteiger partial charge in [-0.1, -0.05) is 38.1 Å². The highest BCUT2D eigenvalue weighted by atomic mass is 14.1. The van der Waals surface area contributed by atoms with Gasteiger partial charge < -0.3 is 0 Å². The Bertz CT molecular complexity index is 190. The second kappa shape index (κ2) is 4.17. The highest BCUT2D eigenvalue weighted by Crippen LogP contribution is 2.20. The van der Waals surface area contributed by atoms with Crippen molar-refractivity contribution >= 4 is 0 Å². The summed E-state index contributed by atoms with van der Waals surface area (Å²) < 4.78 is 0. The van der Waals surface area contributed by atoms with E-state index >= 15 is 0 Å². The van der Waals surface area contributed by atoms with Crippen molar-refractivity contribution in [2.45, 2.75) is 33.1 Å². The molecule has 1 aliphatic carbocycles. The molecule has 0 fully saturated rings. The van der Waals surface area contributed by atoms with Crippen molar-refractivity contribution in [2.75, 3.05) is 0 Å². The molecule has 0 unspecified atom stereocenters. The van der Waals surface area contributed by atoms with Crippen molar-refractivity contribution in [1.29, 1.82) is 0 Å². The molecular formula is C11H16. The Morgan fingerprint density at radius 1 is 0.909 bits per heavy atom. The number of benzene rings is 1. The molecule has 0 N–H and O–H groups in total. The number of fused-ring (bicyclic) bond motifs is 1. The van der Waals surface area contributed by atoms with Crippen LogP contribution in [0.2, 0.25) is 0 Å². The molecule has 0 amide bonds. The topological polar surface area (TPSA) is 0 Å². The number of rotatable bonds is 0. The van der Waals surface area contributed by atoms with Crippen LogP contribution in [-0.4, -0.2) is 0 Å². The van der Waals surface area contributed by atoms with Crippen LogP contribution >= 0.6 is 0 Å². The summed E-state index contributed by atoms with van der Waals surface area (Å²) in [5.41, 5.74) is 3.13. The van der Waals surface area contributed by atoms with Crippen LogP contribution in [0, 0.1) is 0 Å². The first-order chi connectivity index (χ1) is 5.47. The molecule has 2 rings (SSSR count). The lowest BCUT2D eigenvalue weighted by Gasteiger charge is -1.93. The monoisotopic (exact) mass is 148 g/mol. The van der Waals surface area contributed by atoms with Crippen LogP contribution in [0.3, 0.4) is 0 Å². The van der Waals surface area contributed by atoms with Crippen LogP contribution < -0.4 is 0 Å². The summed E-state index contributed by atoms with van der Waals surface area (Å²) in [5.74, 6) is 0. The fourth-order valence-corrected chi connectivity index (χ4v) is 1.51. The van der Waals surface area contributed by atoms with Crippen LogP contribution in [-0.2, 0) is 12.8 Å². The summed E-state index contributed by atoms with van der Waals surface area (Å²) in [5, 5.41) is 0. The molecule has 0 heteroatoms. The molecule has 0 saturated heterocycles. The van der Waals surface area contributed by atoms with E-state index in [9.17, 15) is 0 Å². The lowest BCUT2D eigenvalue weighted by molar-refractivity contribution is 0.912. The summed E-state index contributed by atoms with van der Waals surface area (Å²) in [6.45, 7) is 4.00. The van der Waals surface area contributed by atoms with Gasteiger partial charge in [0.05, 0.1) is 0 Å². The van der Waals surface area contributed by atoms with Gasteiger partial charge in [-0.15, -0.1) is 0 Å². The van der Waals surface area contributed by atoms with Crippen molar-refractivity contribution in [1.82, 2.24) is 0 Å². The zero-order chi connectivity index (χ0) is 8.10. The third-order valence-corrected chi connectivity index (χ3v) is 2.01. The Labute approximate surface area is 69.3 Å². The first-order valence-electron chi connectivity index (χ1n) is 4.53. The lowest BCUT2D eigenvalue weighted by Crippen LogP contribution is -1.77. The van der Waals surface area contributed by atoms with E-state index < -0.39 is 0 Å². The van der Waals surface area contributed by atoms with Crippen LogP contribution in [0.4, 0.5) is 0 Å². The van der Waals surface area contributed by atoms with E-state index in [4.69, 9.17) is 0 Å². The number of hydrogen-bond donors (Lipinski definition) is 0. The maximum atomic E-state index is 2.24. The minimum atomic E-state index is 1.30.